The molecule has 1 amide bonds. The Hall–Kier alpha value is -3.73. The zero-order valence-corrected chi connectivity index (χ0v) is 20.6. The Balaban J connectivity index is 1.51. The lowest BCUT2D eigenvalue weighted by Gasteiger charge is -2.12. The second-order valence-corrected chi connectivity index (χ2v) is 10.1. The Bertz CT molecular complexity index is 1480. The highest BCUT2D eigenvalue weighted by atomic mass is 35.5. The highest BCUT2D eigenvalue weighted by molar-refractivity contribution is 7.92. The smallest absolute Gasteiger partial charge is 0.337 e. The summed E-state index contributed by atoms with van der Waals surface area (Å²) in [5.41, 5.74) is 2.03. The predicted molar refractivity (Wildman–Crippen MR) is 136 cm³/mol. The monoisotopic (exact) mass is 527 g/mol. The van der Waals surface area contributed by atoms with E-state index in [1.54, 1.807) is 41.8 Å². The maximum atomic E-state index is 13.0. The number of rotatable bonds is 7. The molecule has 1 aromatic heterocycles. The van der Waals surface area contributed by atoms with E-state index in [4.69, 9.17) is 16.3 Å². The summed E-state index contributed by atoms with van der Waals surface area (Å²) >= 11 is 7.05. The van der Waals surface area contributed by atoms with E-state index in [9.17, 15) is 18.0 Å². The van der Waals surface area contributed by atoms with Crippen LogP contribution in [0.3, 0.4) is 0 Å². The van der Waals surface area contributed by atoms with Crippen molar-refractivity contribution in [1.29, 1.82) is 0 Å². The number of methoxy groups -OCH3 is 1. The number of carbonyl (C=O) groups excluding carboxylic acids is 2. The Morgan fingerprint density at radius 2 is 1.66 bits per heavy atom. The van der Waals surface area contributed by atoms with E-state index in [1.165, 1.54) is 54.8 Å². The third-order valence-electron chi connectivity index (χ3n) is 4.87. The van der Waals surface area contributed by atoms with Crippen LogP contribution in [-0.2, 0) is 14.8 Å². The van der Waals surface area contributed by atoms with Gasteiger partial charge in [0.25, 0.3) is 15.9 Å². The molecule has 35 heavy (non-hydrogen) atoms. The lowest BCUT2D eigenvalue weighted by molar-refractivity contribution is 0.0600. The lowest BCUT2D eigenvalue weighted by atomic mass is 10.1. The Morgan fingerprint density at radius 3 is 2.34 bits per heavy atom. The molecule has 0 aliphatic carbocycles. The number of nitrogens with zero attached hydrogens (tertiary/aromatic N) is 1. The number of aromatic nitrogens is 1. The summed E-state index contributed by atoms with van der Waals surface area (Å²) in [6.07, 6.45) is 0. The first kappa shape index (κ1) is 24.4. The van der Waals surface area contributed by atoms with Gasteiger partial charge in [0.1, 0.15) is 0 Å². The Labute approximate surface area is 210 Å². The highest BCUT2D eigenvalue weighted by Crippen LogP contribution is 2.27. The van der Waals surface area contributed by atoms with Gasteiger partial charge in [0.2, 0.25) is 0 Å². The maximum absolute atomic E-state index is 13.0. The van der Waals surface area contributed by atoms with Gasteiger partial charge in [-0.25, -0.2) is 18.2 Å². The molecule has 8 nitrogen and oxygen atoms in total. The number of amides is 1. The van der Waals surface area contributed by atoms with Crippen molar-refractivity contribution >= 4 is 55.7 Å². The molecular weight excluding hydrogens is 510 g/mol. The molecular formula is C24H18ClN3O5S2. The van der Waals surface area contributed by atoms with Crippen LogP contribution in [0.4, 0.5) is 10.8 Å². The van der Waals surface area contributed by atoms with Crippen LogP contribution in [0.25, 0.3) is 11.3 Å². The predicted octanol–water partition coefficient (Wildman–Crippen LogP) is 5.30. The van der Waals surface area contributed by atoms with Crippen molar-refractivity contribution in [2.45, 2.75) is 4.90 Å². The van der Waals surface area contributed by atoms with E-state index in [2.05, 4.69) is 15.0 Å². The quantitative estimate of drug-likeness (QED) is 0.315. The molecule has 4 aromatic rings. The third kappa shape index (κ3) is 5.68. The minimum absolute atomic E-state index is 0.0138. The van der Waals surface area contributed by atoms with E-state index in [-0.39, 0.29) is 16.1 Å². The second kappa shape index (κ2) is 10.3. The summed E-state index contributed by atoms with van der Waals surface area (Å²) in [6, 6.07) is 18.7. The van der Waals surface area contributed by atoms with Crippen molar-refractivity contribution in [3.8, 4) is 11.3 Å². The molecule has 0 aliphatic rings. The fourth-order valence-electron chi connectivity index (χ4n) is 3.11. The second-order valence-electron chi connectivity index (χ2n) is 7.17. The first-order valence-corrected chi connectivity index (χ1v) is 12.8. The van der Waals surface area contributed by atoms with E-state index in [0.29, 0.717) is 21.4 Å². The summed E-state index contributed by atoms with van der Waals surface area (Å²) in [4.78, 5) is 29.0. The Kier molecular flexibility index (Phi) is 7.15. The molecule has 0 spiro atoms. The molecule has 3 aromatic carbocycles. The number of para-hydroxylation sites is 1. The summed E-state index contributed by atoms with van der Waals surface area (Å²) in [5, 5.41) is 5.20. The number of sulfonamides is 1. The van der Waals surface area contributed by atoms with Crippen LogP contribution in [0, 0.1) is 0 Å². The average molecular weight is 528 g/mol. The first-order chi connectivity index (χ1) is 16.8. The van der Waals surface area contributed by atoms with Gasteiger partial charge in [0.05, 0.1) is 34.5 Å². The van der Waals surface area contributed by atoms with Gasteiger partial charge >= 0.3 is 5.97 Å². The SMILES string of the molecule is COC(=O)c1ccc(-c2csc(NC(=O)c3ccccc3NS(=O)(=O)c3ccc(Cl)cc3)n2)cc1. The van der Waals surface area contributed by atoms with Crippen LogP contribution in [0.15, 0.2) is 83.1 Å². The molecule has 4 rings (SSSR count). The first-order valence-electron chi connectivity index (χ1n) is 10.1. The summed E-state index contributed by atoms with van der Waals surface area (Å²) in [6.45, 7) is 0. The number of benzene rings is 3. The van der Waals surface area contributed by atoms with Crippen molar-refractivity contribution in [2.75, 3.05) is 17.1 Å². The van der Waals surface area contributed by atoms with Gasteiger partial charge in [-0.2, -0.15) is 0 Å². The topological polar surface area (TPSA) is 114 Å². The minimum Gasteiger partial charge on any atom is -0.465 e. The maximum Gasteiger partial charge on any atom is 0.337 e. The number of ether oxygens (including phenoxy) is 1. The molecule has 0 aliphatic heterocycles. The van der Waals surface area contributed by atoms with Crippen LogP contribution in [-0.4, -0.2) is 32.4 Å². The van der Waals surface area contributed by atoms with Crippen molar-refractivity contribution in [3.05, 3.63) is 94.3 Å². The highest BCUT2D eigenvalue weighted by Gasteiger charge is 2.19. The van der Waals surface area contributed by atoms with Crippen molar-refractivity contribution in [2.24, 2.45) is 0 Å². The number of halogens is 1. The molecule has 0 saturated carbocycles. The fraction of sp³-hybridized carbons (Fsp3) is 0.0417. The molecule has 11 heteroatoms. The third-order valence-corrected chi connectivity index (χ3v) is 7.26. The van der Waals surface area contributed by atoms with E-state index in [0.717, 1.165) is 5.56 Å². The van der Waals surface area contributed by atoms with Gasteiger partial charge in [-0.05, 0) is 48.5 Å². The minimum atomic E-state index is -3.94. The molecule has 0 unspecified atom stereocenters. The molecule has 0 bridgehead atoms. The van der Waals surface area contributed by atoms with Gasteiger partial charge in [-0.1, -0.05) is 35.9 Å². The number of carbonyl (C=O) groups is 2. The van der Waals surface area contributed by atoms with Gasteiger partial charge in [0, 0.05) is 16.0 Å². The van der Waals surface area contributed by atoms with Gasteiger partial charge in [-0.3, -0.25) is 14.8 Å². The molecule has 0 atom stereocenters. The number of anilines is 2. The normalized spacial score (nSPS) is 11.0. The number of hydrogen-bond acceptors (Lipinski definition) is 7. The molecule has 0 radical (unpaired) electrons. The van der Waals surface area contributed by atoms with E-state index in [1.807, 2.05) is 0 Å². The zero-order chi connectivity index (χ0) is 25.0. The van der Waals surface area contributed by atoms with Crippen molar-refractivity contribution in [3.63, 3.8) is 0 Å². The number of nitrogens with one attached hydrogen (secondary N) is 2. The van der Waals surface area contributed by atoms with Crippen LogP contribution in [0.2, 0.25) is 5.02 Å². The Morgan fingerprint density at radius 1 is 0.971 bits per heavy atom. The molecule has 1 heterocycles. The average Bonchev–Trinajstić information content (AvgIpc) is 3.32. The molecule has 0 fully saturated rings. The molecule has 0 saturated heterocycles. The fourth-order valence-corrected chi connectivity index (χ4v) is 5.03. The lowest BCUT2D eigenvalue weighted by Crippen LogP contribution is -2.18. The largest absolute Gasteiger partial charge is 0.465 e. The summed E-state index contributed by atoms with van der Waals surface area (Å²) in [7, 11) is -2.63. The van der Waals surface area contributed by atoms with E-state index < -0.39 is 21.9 Å². The number of hydrogen-bond donors (Lipinski definition) is 2. The number of thiazole rings is 1. The van der Waals surface area contributed by atoms with Crippen molar-refractivity contribution < 1.29 is 22.7 Å². The summed E-state index contributed by atoms with van der Waals surface area (Å²) < 4.78 is 32.7. The van der Waals surface area contributed by atoms with Crippen LogP contribution in [0.5, 0.6) is 0 Å². The molecule has 2 N–H and O–H groups in total. The number of esters is 1. The van der Waals surface area contributed by atoms with Crippen LogP contribution >= 0.6 is 22.9 Å². The van der Waals surface area contributed by atoms with Gasteiger partial charge in [-0.15, -0.1) is 11.3 Å². The van der Waals surface area contributed by atoms with Crippen molar-refractivity contribution in [1.82, 2.24) is 4.98 Å². The van der Waals surface area contributed by atoms with Crippen LogP contribution in [0.1, 0.15) is 20.7 Å². The molecule has 178 valence electrons. The van der Waals surface area contributed by atoms with Gasteiger partial charge < -0.3 is 4.74 Å². The van der Waals surface area contributed by atoms with E-state index >= 15 is 0 Å². The summed E-state index contributed by atoms with van der Waals surface area (Å²) in [5.74, 6) is -0.963. The van der Waals surface area contributed by atoms with Gasteiger partial charge in [0.15, 0.2) is 5.13 Å². The zero-order valence-electron chi connectivity index (χ0n) is 18.2. The standard InChI is InChI=1S/C24H18ClN3O5S2/c1-33-23(30)16-8-6-15(7-9-16)21-14-34-24(26-21)27-22(29)19-4-2-3-5-20(19)28-35(31,32)18-12-10-17(25)11-13-18/h2-14,28H,1H3,(H,26,27,29). The van der Waals surface area contributed by atoms with Crippen LogP contribution < -0.4 is 10.0 Å².